The number of nitriles is 1. The summed E-state index contributed by atoms with van der Waals surface area (Å²) < 4.78 is 24.9. The second-order valence-electron chi connectivity index (χ2n) is 2.74. The van der Waals surface area contributed by atoms with E-state index in [1.54, 1.807) is 0 Å². The van der Waals surface area contributed by atoms with Crippen LogP contribution in [0.25, 0.3) is 0 Å². The van der Waals surface area contributed by atoms with E-state index in [2.05, 4.69) is 4.98 Å². The van der Waals surface area contributed by atoms with Crippen molar-refractivity contribution >= 4 is 23.2 Å². The maximum atomic E-state index is 12.4. The van der Waals surface area contributed by atoms with Crippen LogP contribution in [0.1, 0.15) is 23.2 Å². The molecule has 1 rings (SSSR count). The highest BCUT2D eigenvalue weighted by Crippen LogP contribution is 2.28. The molecule has 1 aromatic rings. The van der Waals surface area contributed by atoms with Gasteiger partial charge >= 0.3 is 0 Å². The summed E-state index contributed by atoms with van der Waals surface area (Å²) in [6, 6.07) is 3.04. The normalized spacial score (nSPS) is 10.4. The van der Waals surface area contributed by atoms with Gasteiger partial charge in [0.15, 0.2) is 0 Å². The number of hydrogen-bond acceptors (Lipinski definition) is 2. The summed E-state index contributed by atoms with van der Waals surface area (Å²) in [5.41, 5.74) is 0.399. The van der Waals surface area contributed by atoms with E-state index in [1.807, 2.05) is 6.07 Å². The molecule has 15 heavy (non-hydrogen) atoms. The maximum absolute atomic E-state index is 12.4. The summed E-state index contributed by atoms with van der Waals surface area (Å²) >= 11 is 11.1. The fourth-order valence-corrected chi connectivity index (χ4v) is 1.56. The topological polar surface area (TPSA) is 36.7 Å². The molecule has 0 radical (unpaired) electrons. The van der Waals surface area contributed by atoms with Crippen LogP contribution in [-0.4, -0.2) is 4.98 Å². The van der Waals surface area contributed by atoms with Crippen molar-refractivity contribution < 1.29 is 8.78 Å². The van der Waals surface area contributed by atoms with Gasteiger partial charge in [0.25, 0.3) is 6.43 Å². The number of halogens is 4. The van der Waals surface area contributed by atoms with E-state index in [0.29, 0.717) is 11.3 Å². The second kappa shape index (κ2) is 5.24. The van der Waals surface area contributed by atoms with E-state index in [0.717, 1.165) is 0 Å². The molecule has 0 aliphatic carbocycles. The van der Waals surface area contributed by atoms with Gasteiger partial charge in [0.2, 0.25) is 0 Å². The summed E-state index contributed by atoms with van der Waals surface area (Å²) in [6.45, 7) is 0. The van der Waals surface area contributed by atoms with Crippen molar-refractivity contribution in [2.45, 2.75) is 18.7 Å². The molecule has 80 valence electrons. The fraction of sp³-hybridized carbons (Fsp3) is 0.333. The highest BCUT2D eigenvalue weighted by atomic mass is 35.5. The summed E-state index contributed by atoms with van der Waals surface area (Å²) in [4.78, 5) is 3.73. The minimum Gasteiger partial charge on any atom is -0.239 e. The van der Waals surface area contributed by atoms with Gasteiger partial charge in [-0.2, -0.15) is 5.26 Å². The van der Waals surface area contributed by atoms with Crippen LogP contribution < -0.4 is 0 Å². The van der Waals surface area contributed by atoms with E-state index >= 15 is 0 Å². The molecule has 0 unspecified atom stereocenters. The molecule has 0 aliphatic rings. The summed E-state index contributed by atoms with van der Waals surface area (Å²) in [5, 5.41) is 8.24. The SMILES string of the molecule is N#CCc1cc(C(F)F)c(Cl)nc1CCl. The number of hydrogen-bond donors (Lipinski definition) is 0. The van der Waals surface area contributed by atoms with Crippen LogP contribution in [0.3, 0.4) is 0 Å². The Morgan fingerprint density at radius 3 is 2.67 bits per heavy atom. The zero-order valence-corrected chi connectivity index (χ0v) is 8.99. The molecule has 0 saturated heterocycles. The average molecular weight is 251 g/mol. The van der Waals surface area contributed by atoms with E-state index in [-0.39, 0.29) is 23.0 Å². The first-order valence-corrected chi connectivity index (χ1v) is 4.90. The minimum absolute atomic E-state index is 0.00799. The average Bonchev–Trinajstić information content (AvgIpc) is 2.20. The number of pyridine rings is 1. The Morgan fingerprint density at radius 2 is 2.20 bits per heavy atom. The molecular weight excluding hydrogens is 245 g/mol. The zero-order valence-electron chi connectivity index (χ0n) is 7.48. The van der Waals surface area contributed by atoms with Gasteiger partial charge in [0.1, 0.15) is 5.15 Å². The van der Waals surface area contributed by atoms with Crippen LogP contribution in [0.15, 0.2) is 6.07 Å². The first kappa shape index (κ1) is 12.2. The predicted octanol–water partition coefficient (Wildman–Crippen LogP) is 3.48. The molecule has 0 N–H and O–H groups in total. The third kappa shape index (κ3) is 2.77. The molecule has 0 bridgehead atoms. The standard InChI is InChI=1S/C9H6Cl2F2N2/c10-4-7-5(1-2-14)3-6(9(12)13)8(11)15-7/h3,9H,1,4H2. The molecule has 0 atom stereocenters. The van der Waals surface area contributed by atoms with Crippen molar-refractivity contribution in [2.24, 2.45) is 0 Å². The van der Waals surface area contributed by atoms with Gasteiger partial charge in [0, 0.05) is 0 Å². The number of rotatable bonds is 3. The summed E-state index contributed by atoms with van der Waals surface area (Å²) in [5.74, 6) is 0.0419. The molecular formula is C9H6Cl2F2N2. The number of alkyl halides is 3. The van der Waals surface area contributed by atoms with Crippen LogP contribution in [0.5, 0.6) is 0 Å². The Balaban J connectivity index is 3.25. The Labute approximate surface area is 95.4 Å². The van der Waals surface area contributed by atoms with Gasteiger partial charge in [-0.3, -0.25) is 0 Å². The van der Waals surface area contributed by atoms with Gasteiger partial charge in [-0.25, -0.2) is 13.8 Å². The van der Waals surface area contributed by atoms with E-state index in [1.165, 1.54) is 6.07 Å². The molecule has 0 fully saturated rings. The molecule has 1 heterocycles. The van der Waals surface area contributed by atoms with Crippen LogP contribution >= 0.6 is 23.2 Å². The Bertz CT molecular complexity index is 402. The Hall–Kier alpha value is -0.920. The number of aromatic nitrogens is 1. The van der Waals surface area contributed by atoms with Crippen molar-refractivity contribution in [1.82, 2.24) is 4.98 Å². The molecule has 2 nitrogen and oxygen atoms in total. The van der Waals surface area contributed by atoms with Crippen molar-refractivity contribution in [3.05, 3.63) is 28.0 Å². The van der Waals surface area contributed by atoms with Crippen molar-refractivity contribution in [2.75, 3.05) is 0 Å². The van der Waals surface area contributed by atoms with Crippen molar-refractivity contribution in [3.63, 3.8) is 0 Å². The zero-order chi connectivity index (χ0) is 11.4. The smallest absolute Gasteiger partial charge is 0.239 e. The van der Waals surface area contributed by atoms with Crippen LogP contribution in [0.4, 0.5) is 8.78 Å². The molecule has 0 aromatic carbocycles. The molecule has 0 spiro atoms. The monoisotopic (exact) mass is 250 g/mol. The highest BCUT2D eigenvalue weighted by molar-refractivity contribution is 6.30. The summed E-state index contributed by atoms with van der Waals surface area (Å²) in [6.07, 6.45) is -2.71. The minimum atomic E-state index is -2.70. The number of nitrogens with zero attached hydrogens (tertiary/aromatic N) is 2. The molecule has 0 amide bonds. The Morgan fingerprint density at radius 1 is 1.53 bits per heavy atom. The molecule has 0 saturated carbocycles. The lowest BCUT2D eigenvalue weighted by molar-refractivity contribution is 0.151. The third-order valence-electron chi connectivity index (χ3n) is 1.80. The lowest BCUT2D eigenvalue weighted by Gasteiger charge is -2.08. The first-order valence-electron chi connectivity index (χ1n) is 3.99. The lowest BCUT2D eigenvalue weighted by Crippen LogP contribution is -2.00. The van der Waals surface area contributed by atoms with Gasteiger partial charge in [-0.05, 0) is 11.6 Å². The quantitative estimate of drug-likeness (QED) is 0.609. The molecule has 6 heteroatoms. The van der Waals surface area contributed by atoms with Crippen LogP contribution in [0, 0.1) is 11.3 Å². The molecule has 1 aromatic heterocycles. The largest absolute Gasteiger partial charge is 0.266 e. The summed E-state index contributed by atoms with van der Waals surface area (Å²) in [7, 11) is 0. The van der Waals surface area contributed by atoms with E-state index in [4.69, 9.17) is 28.5 Å². The first-order chi connectivity index (χ1) is 7.10. The van der Waals surface area contributed by atoms with Crippen molar-refractivity contribution in [1.29, 1.82) is 5.26 Å². The highest BCUT2D eigenvalue weighted by Gasteiger charge is 2.16. The van der Waals surface area contributed by atoms with E-state index in [9.17, 15) is 8.78 Å². The lowest BCUT2D eigenvalue weighted by atomic mass is 10.1. The van der Waals surface area contributed by atoms with E-state index < -0.39 is 6.43 Å². The van der Waals surface area contributed by atoms with Gasteiger partial charge in [0.05, 0.1) is 29.6 Å². The van der Waals surface area contributed by atoms with Crippen LogP contribution in [0.2, 0.25) is 5.15 Å². The van der Waals surface area contributed by atoms with Gasteiger partial charge in [-0.1, -0.05) is 11.6 Å². The second-order valence-corrected chi connectivity index (χ2v) is 3.37. The maximum Gasteiger partial charge on any atom is 0.266 e. The molecule has 0 aliphatic heterocycles. The van der Waals surface area contributed by atoms with Gasteiger partial charge < -0.3 is 0 Å². The third-order valence-corrected chi connectivity index (χ3v) is 2.36. The fourth-order valence-electron chi connectivity index (χ4n) is 1.09. The van der Waals surface area contributed by atoms with Gasteiger partial charge in [-0.15, -0.1) is 11.6 Å². The van der Waals surface area contributed by atoms with Crippen LogP contribution in [-0.2, 0) is 12.3 Å². The Kier molecular flexibility index (Phi) is 4.25. The predicted molar refractivity (Wildman–Crippen MR) is 53.1 cm³/mol. The van der Waals surface area contributed by atoms with Crippen molar-refractivity contribution in [3.8, 4) is 6.07 Å².